The molecular formula is C44H44F6N6O8S4. The molecule has 0 bridgehead atoms. The molecule has 68 heavy (non-hydrogen) atoms. The van der Waals surface area contributed by atoms with E-state index in [1.165, 1.54) is 49.0 Å². The van der Waals surface area contributed by atoms with Crippen LogP contribution in [0.2, 0.25) is 0 Å². The minimum absolute atomic E-state index is 0.124. The third kappa shape index (κ3) is 10.5. The number of hydrogen-bond donors (Lipinski definition) is 2. The predicted molar refractivity (Wildman–Crippen MR) is 235 cm³/mol. The number of nitrogens with zero attached hydrogens (tertiary/aromatic N) is 4. The molecular weight excluding hydrogens is 983 g/mol. The van der Waals surface area contributed by atoms with Gasteiger partial charge in [-0.05, 0) is 89.5 Å². The molecule has 1 unspecified atom stereocenters. The molecule has 24 heteroatoms. The number of nitrogens with one attached hydrogen (secondary N) is 2. The molecule has 2 heterocycles. The van der Waals surface area contributed by atoms with Gasteiger partial charge in [-0.15, -0.1) is 22.7 Å². The summed E-state index contributed by atoms with van der Waals surface area (Å²) in [6.07, 6.45) is -10.0. The third-order valence-electron chi connectivity index (χ3n) is 12.6. The summed E-state index contributed by atoms with van der Waals surface area (Å²) in [7, 11) is -6.26. The van der Waals surface area contributed by atoms with Gasteiger partial charge < -0.3 is 20.1 Å². The summed E-state index contributed by atoms with van der Waals surface area (Å²) in [6.45, 7) is 3.42. The van der Waals surface area contributed by atoms with Crippen LogP contribution in [-0.2, 0) is 51.1 Å². The molecule has 2 aromatic heterocycles. The average Bonchev–Trinajstić information content (AvgIpc) is 3.87. The second kappa shape index (κ2) is 18.7. The quantitative estimate of drug-likeness (QED) is 0.130. The molecule has 0 aliphatic heterocycles. The Morgan fingerprint density at radius 1 is 0.662 bits per heavy atom. The highest BCUT2D eigenvalue weighted by Gasteiger charge is 2.53. The third-order valence-corrected chi connectivity index (χ3v) is 19.1. The zero-order valence-electron chi connectivity index (χ0n) is 36.7. The van der Waals surface area contributed by atoms with Gasteiger partial charge in [0.1, 0.15) is 21.1 Å². The Labute approximate surface area is 395 Å². The number of carbonyl (C=O) groups excluding carboxylic acids is 2. The minimum Gasteiger partial charge on any atom is -0.381 e. The summed E-state index contributed by atoms with van der Waals surface area (Å²) in [4.78, 5) is 32.2. The molecule has 8 rings (SSSR count). The van der Waals surface area contributed by atoms with Crippen molar-refractivity contribution in [3.63, 3.8) is 0 Å². The van der Waals surface area contributed by atoms with Gasteiger partial charge in [0.2, 0.25) is 11.8 Å². The number of hydrogen-bond acceptors (Lipinski definition) is 14. The van der Waals surface area contributed by atoms with Gasteiger partial charge in [-0.2, -0.15) is 36.9 Å². The average molecular weight is 1030 g/mol. The molecule has 0 spiro atoms. The first-order chi connectivity index (χ1) is 31.8. The van der Waals surface area contributed by atoms with Crippen LogP contribution in [-0.4, -0.2) is 86.6 Å². The van der Waals surface area contributed by atoms with E-state index in [1.54, 1.807) is 24.6 Å². The first-order valence-corrected chi connectivity index (χ1v) is 25.9. The minimum atomic E-state index is -4.91. The van der Waals surface area contributed by atoms with Crippen LogP contribution in [0.1, 0.15) is 73.9 Å². The van der Waals surface area contributed by atoms with Crippen molar-refractivity contribution in [3.8, 4) is 33.3 Å². The van der Waals surface area contributed by atoms with E-state index in [0.29, 0.717) is 47.1 Å². The Bertz CT molecular complexity index is 2720. The Morgan fingerprint density at radius 2 is 1.01 bits per heavy atom. The van der Waals surface area contributed by atoms with Crippen molar-refractivity contribution in [2.24, 2.45) is 11.8 Å². The summed E-state index contributed by atoms with van der Waals surface area (Å²) in [6, 6.07) is 10.2. The van der Waals surface area contributed by atoms with Crippen molar-refractivity contribution >= 4 is 54.2 Å². The Morgan fingerprint density at radius 3 is 1.28 bits per heavy atom. The van der Waals surface area contributed by atoms with E-state index in [4.69, 9.17) is 9.47 Å². The maximum Gasteiger partial charge on any atom is 0.417 e. The SMILES string of the molecule is CO[C@@H]1C[C@H](S(=O)(=O)c2ccc(-c3nc(C)cs3)cc2C(F)(F)F)C[C@H]1C(=O)NC1(C#N)CC1.CO[C@H]1CC(S(=O)(=O)c2ccc(-c3nc(C)cs3)cc2C(F)(F)F)C[C@@H]1C(=O)NC1(C#N)CC1. The topological polar surface area (TPSA) is 218 Å². The molecule has 0 radical (unpaired) electrons. The smallest absolute Gasteiger partial charge is 0.381 e. The Hall–Kier alpha value is -4.98. The van der Waals surface area contributed by atoms with Gasteiger partial charge in [-0.3, -0.25) is 9.59 Å². The van der Waals surface area contributed by atoms with E-state index < -0.39 is 110 Å². The zero-order valence-corrected chi connectivity index (χ0v) is 40.0. The van der Waals surface area contributed by atoms with Gasteiger partial charge in [-0.1, -0.05) is 12.1 Å². The van der Waals surface area contributed by atoms with Gasteiger partial charge in [0.25, 0.3) is 0 Å². The van der Waals surface area contributed by atoms with E-state index in [0.717, 1.165) is 24.3 Å². The van der Waals surface area contributed by atoms with Gasteiger partial charge in [0, 0.05) is 47.5 Å². The van der Waals surface area contributed by atoms with Crippen LogP contribution in [0.4, 0.5) is 26.3 Å². The molecule has 6 atom stereocenters. The summed E-state index contributed by atoms with van der Waals surface area (Å²) in [5.74, 6) is -2.81. The van der Waals surface area contributed by atoms with Crippen LogP contribution in [0.5, 0.6) is 0 Å². The predicted octanol–water partition coefficient (Wildman–Crippen LogP) is 7.75. The van der Waals surface area contributed by atoms with E-state index in [1.807, 2.05) is 12.1 Å². The molecule has 4 aromatic rings. The number of aryl methyl sites for hydroxylation is 2. The molecule has 0 saturated heterocycles. The fraction of sp³-hybridized carbons (Fsp3) is 0.500. The van der Waals surface area contributed by atoms with Crippen LogP contribution in [0.15, 0.2) is 56.9 Å². The number of aromatic nitrogens is 2. The first-order valence-electron chi connectivity index (χ1n) is 21.1. The van der Waals surface area contributed by atoms with Crippen LogP contribution >= 0.6 is 22.7 Å². The fourth-order valence-electron chi connectivity index (χ4n) is 8.52. The maximum atomic E-state index is 13.9. The standard InChI is InChI=1S/2C22H22F3N3O4S2/c2*1-12-10-33-20(27-12)13-3-4-18(16(7-13)22(23,24)25)34(30,31)14-8-15(17(9-14)32-2)19(29)28-21(11-26)5-6-21/h2*3-4,7,10,14-15,17H,5-6,8-9H2,1-2H3,(H,28,29)/t14?,15-,17-;14-,15-,17-/m01/s1. The monoisotopic (exact) mass is 1030 g/mol. The number of ether oxygens (including phenoxy) is 2. The lowest BCUT2D eigenvalue weighted by molar-refractivity contribution is -0.140. The number of halogens is 6. The second-order valence-electron chi connectivity index (χ2n) is 17.4. The lowest BCUT2D eigenvalue weighted by Crippen LogP contribution is -2.42. The zero-order chi connectivity index (χ0) is 49.8. The molecule has 4 saturated carbocycles. The van der Waals surface area contributed by atoms with E-state index in [2.05, 4.69) is 20.6 Å². The van der Waals surface area contributed by atoms with Crippen molar-refractivity contribution in [3.05, 3.63) is 69.7 Å². The summed E-state index contributed by atoms with van der Waals surface area (Å²) >= 11 is 2.33. The van der Waals surface area contributed by atoms with E-state index in [9.17, 15) is 63.3 Å². The van der Waals surface area contributed by atoms with Crippen molar-refractivity contribution in [2.45, 2.75) is 121 Å². The van der Waals surface area contributed by atoms with E-state index >= 15 is 0 Å². The normalized spacial score (nSPS) is 23.9. The van der Waals surface area contributed by atoms with Gasteiger partial charge >= 0.3 is 12.4 Å². The van der Waals surface area contributed by atoms with Crippen LogP contribution in [0.3, 0.4) is 0 Å². The summed E-state index contributed by atoms with van der Waals surface area (Å²) in [5.41, 5.74) is -2.77. The van der Waals surface area contributed by atoms with Crippen molar-refractivity contribution in [1.82, 2.24) is 20.6 Å². The maximum absolute atomic E-state index is 13.9. The summed E-state index contributed by atoms with van der Waals surface area (Å²) in [5, 5.41) is 25.3. The second-order valence-corrected chi connectivity index (χ2v) is 23.5. The largest absolute Gasteiger partial charge is 0.417 e. The number of methoxy groups -OCH3 is 2. The number of benzene rings is 2. The number of alkyl halides is 6. The van der Waals surface area contributed by atoms with Crippen molar-refractivity contribution in [1.29, 1.82) is 10.5 Å². The number of nitriles is 2. The number of sulfone groups is 2. The van der Waals surface area contributed by atoms with Crippen LogP contribution in [0, 0.1) is 48.3 Å². The number of amides is 2. The van der Waals surface area contributed by atoms with Crippen molar-refractivity contribution < 1.29 is 62.2 Å². The first kappa shape index (κ1) is 50.9. The van der Waals surface area contributed by atoms with Crippen LogP contribution in [0.25, 0.3) is 21.1 Å². The molecule has 2 aromatic carbocycles. The lowest BCUT2D eigenvalue weighted by Gasteiger charge is -2.19. The number of rotatable bonds is 12. The molecule has 4 aliphatic rings. The molecule has 14 nitrogen and oxygen atoms in total. The van der Waals surface area contributed by atoms with Crippen molar-refractivity contribution in [2.75, 3.05) is 14.2 Å². The Kier molecular flexibility index (Phi) is 14.0. The van der Waals surface area contributed by atoms with E-state index in [-0.39, 0.29) is 36.8 Å². The molecule has 2 N–H and O–H groups in total. The van der Waals surface area contributed by atoms with Gasteiger partial charge in [0.05, 0.1) is 67.6 Å². The highest BCUT2D eigenvalue weighted by atomic mass is 32.2. The molecule has 364 valence electrons. The van der Waals surface area contributed by atoms with Gasteiger partial charge in [0.15, 0.2) is 19.7 Å². The highest BCUT2D eigenvalue weighted by molar-refractivity contribution is 7.92. The van der Waals surface area contributed by atoms with Gasteiger partial charge in [-0.25, -0.2) is 26.8 Å². The molecule has 2 amide bonds. The lowest BCUT2D eigenvalue weighted by atomic mass is 10.0. The number of carbonyl (C=O) groups is 2. The molecule has 4 aliphatic carbocycles. The highest BCUT2D eigenvalue weighted by Crippen LogP contribution is 2.45. The summed E-state index contributed by atoms with van der Waals surface area (Å²) < 4.78 is 148. The van der Waals surface area contributed by atoms with Crippen LogP contribution < -0.4 is 10.6 Å². The molecule has 4 fully saturated rings. The number of thiazole rings is 2. The Balaban J connectivity index is 0.000000201. The fourth-order valence-corrected chi connectivity index (χ4v) is 14.1.